The first-order valence-electron chi connectivity index (χ1n) is 13.0. The number of carboxylic acid groups (broad SMARTS) is 1. The summed E-state index contributed by atoms with van der Waals surface area (Å²) in [7, 11) is 3.35. The second kappa shape index (κ2) is 10.1. The van der Waals surface area contributed by atoms with Crippen LogP contribution < -0.4 is 14.8 Å². The highest BCUT2D eigenvalue weighted by atomic mass is 16.5. The van der Waals surface area contributed by atoms with Crippen LogP contribution in [0.3, 0.4) is 0 Å². The summed E-state index contributed by atoms with van der Waals surface area (Å²) >= 11 is 0. The lowest BCUT2D eigenvalue weighted by atomic mass is 10.0. The van der Waals surface area contributed by atoms with E-state index in [0.717, 1.165) is 48.6 Å². The molecule has 0 spiro atoms. The van der Waals surface area contributed by atoms with Crippen molar-refractivity contribution in [1.82, 2.24) is 20.1 Å². The van der Waals surface area contributed by atoms with Crippen LogP contribution in [0.1, 0.15) is 44.9 Å². The van der Waals surface area contributed by atoms with Crippen LogP contribution in [0.4, 0.5) is 4.79 Å². The van der Waals surface area contributed by atoms with Crippen molar-refractivity contribution in [3.63, 3.8) is 0 Å². The predicted octanol–water partition coefficient (Wildman–Crippen LogP) is 3.04. The van der Waals surface area contributed by atoms with E-state index < -0.39 is 29.6 Å². The summed E-state index contributed by atoms with van der Waals surface area (Å²) in [5.41, 5.74) is -1.24. The number of urea groups is 1. The molecule has 4 atom stereocenters. The number of carboxylic acids is 1. The van der Waals surface area contributed by atoms with E-state index in [0.29, 0.717) is 18.8 Å². The molecule has 2 aromatic rings. The molecule has 1 aromatic heterocycles. The average Bonchev–Trinajstić information content (AvgIpc) is 3.43. The van der Waals surface area contributed by atoms with Crippen LogP contribution in [-0.4, -0.2) is 82.7 Å². The number of rotatable bonds is 4. The number of amides is 3. The molecular weight excluding hydrogens is 476 g/mol. The number of carbonyl (C=O) groups excluding carboxylic acids is 2. The average molecular weight is 511 g/mol. The lowest BCUT2D eigenvalue weighted by Crippen LogP contribution is -2.54. The van der Waals surface area contributed by atoms with Crippen molar-refractivity contribution in [3.8, 4) is 11.6 Å². The molecule has 1 saturated carbocycles. The van der Waals surface area contributed by atoms with Crippen LogP contribution >= 0.6 is 0 Å². The number of aromatic nitrogens is 1. The first-order chi connectivity index (χ1) is 17.8. The lowest BCUT2D eigenvalue weighted by Gasteiger charge is -2.30. The SMILES string of the molecule is COc1ccc2c(O[C@@H]3C[C@H]4C(=O)N[C@]5(C(=O)O)C[C@H]5CCCCCCN(C)C(=O)N4C3)nccc2c1. The Morgan fingerprint density at radius 1 is 1.19 bits per heavy atom. The van der Waals surface area contributed by atoms with Gasteiger partial charge in [0, 0.05) is 31.6 Å². The largest absolute Gasteiger partial charge is 0.497 e. The van der Waals surface area contributed by atoms with E-state index in [-0.39, 0.29) is 24.9 Å². The Labute approximate surface area is 215 Å². The van der Waals surface area contributed by atoms with Crippen molar-refractivity contribution in [2.45, 2.75) is 62.6 Å². The molecule has 0 bridgehead atoms. The van der Waals surface area contributed by atoms with Crippen LogP contribution in [0.5, 0.6) is 11.6 Å². The van der Waals surface area contributed by atoms with Gasteiger partial charge in [0.1, 0.15) is 23.4 Å². The van der Waals surface area contributed by atoms with Gasteiger partial charge in [0.15, 0.2) is 0 Å². The van der Waals surface area contributed by atoms with Crippen molar-refractivity contribution in [2.75, 3.05) is 27.2 Å². The van der Waals surface area contributed by atoms with E-state index in [9.17, 15) is 19.5 Å². The third-order valence-corrected chi connectivity index (χ3v) is 7.98. The summed E-state index contributed by atoms with van der Waals surface area (Å²) in [6.45, 7) is 0.809. The molecule has 3 heterocycles. The number of fused-ring (bicyclic) bond motifs is 3. The van der Waals surface area contributed by atoms with Gasteiger partial charge in [0.25, 0.3) is 0 Å². The number of benzene rings is 1. The fourth-order valence-electron chi connectivity index (χ4n) is 5.71. The Hall–Kier alpha value is -3.56. The molecule has 0 radical (unpaired) electrons. The first kappa shape index (κ1) is 25.1. The number of hydrogen-bond acceptors (Lipinski definition) is 6. The predicted molar refractivity (Wildman–Crippen MR) is 136 cm³/mol. The Kier molecular flexibility index (Phi) is 6.83. The van der Waals surface area contributed by atoms with Crippen LogP contribution in [0.25, 0.3) is 10.8 Å². The van der Waals surface area contributed by atoms with Crippen molar-refractivity contribution >= 4 is 28.7 Å². The summed E-state index contributed by atoms with van der Waals surface area (Å²) < 4.78 is 11.6. The van der Waals surface area contributed by atoms with Crippen LogP contribution in [0.2, 0.25) is 0 Å². The van der Waals surface area contributed by atoms with Gasteiger partial charge >= 0.3 is 12.0 Å². The minimum absolute atomic E-state index is 0.0750. The first-order valence-corrected chi connectivity index (χ1v) is 13.0. The van der Waals surface area contributed by atoms with Gasteiger partial charge in [-0.3, -0.25) is 4.79 Å². The van der Waals surface area contributed by atoms with Gasteiger partial charge in [0.2, 0.25) is 11.8 Å². The van der Waals surface area contributed by atoms with Gasteiger partial charge in [-0.15, -0.1) is 0 Å². The fraction of sp³-hybridized carbons (Fsp3) is 0.556. The van der Waals surface area contributed by atoms with Crippen molar-refractivity contribution < 1.29 is 29.0 Å². The third-order valence-electron chi connectivity index (χ3n) is 7.98. The zero-order chi connectivity index (χ0) is 26.2. The summed E-state index contributed by atoms with van der Waals surface area (Å²) in [5.74, 6) is -0.382. The maximum absolute atomic E-state index is 13.5. The Balaban J connectivity index is 1.40. The maximum atomic E-state index is 13.5. The van der Waals surface area contributed by atoms with Crippen molar-refractivity contribution in [2.24, 2.45) is 5.92 Å². The molecule has 1 aliphatic carbocycles. The Morgan fingerprint density at radius 3 is 2.78 bits per heavy atom. The zero-order valence-electron chi connectivity index (χ0n) is 21.3. The number of nitrogens with zero attached hydrogens (tertiary/aromatic N) is 3. The molecule has 3 aliphatic rings. The van der Waals surface area contributed by atoms with Crippen molar-refractivity contribution in [3.05, 3.63) is 30.5 Å². The van der Waals surface area contributed by atoms with Crippen LogP contribution in [0.15, 0.2) is 30.5 Å². The monoisotopic (exact) mass is 510 g/mol. The molecule has 10 nitrogen and oxygen atoms in total. The van der Waals surface area contributed by atoms with Gasteiger partial charge < -0.3 is 29.7 Å². The maximum Gasteiger partial charge on any atom is 0.329 e. The number of ether oxygens (including phenoxy) is 2. The molecule has 3 fully saturated rings. The van der Waals surface area contributed by atoms with E-state index >= 15 is 0 Å². The fourth-order valence-corrected chi connectivity index (χ4v) is 5.71. The molecule has 5 rings (SSSR count). The quantitative estimate of drug-likeness (QED) is 0.648. The van der Waals surface area contributed by atoms with Gasteiger partial charge in [0.05, 0.1) is 13.7 Å². The molecule has 37 heavy (non-hydrogen) atoms. The number of nitrogens with one attached hydrogen (secondary N) is 1. The van der Waals surface area contributed by atoms with Crippen LogP contribution in [0, 0.1) is 5.92 Å². The van der Waals surface area contributed by atoms with E-state index in [2.05, 4.69) is 10.3 Å². The minimum Gasteiger partial charge on any atom is -0.497 e. The van der Waals surface area contributed by atoms with Gasteiger partial charge in [-0.05, 0) is 54.8 Å². The summed E-state index contributed by atoms with van der Waals surface area (Å²) in [6.07, 6.45) is 6.38. The topological polar surface area (TPSA) is 121 Å². The number of hydrogen-bond donors (Lipinski definition) is 2. The van der Waals surface area contributed by atoms with E-state index in [4.69, 9.17) is 9.47 Å². The third kappa shape index (κ3) is 4.89. The molecule has 0 unspecified atom stereocenters. The number of methoxy groups -OCH3 is 1. The van der Waals surface area contributed by atoms with Crippen molar-refractivity contribution in [1.29, 1.82) is 0 Å². The molecule has 2 saturated heterocycles. The smallest absolute Gasteiger partial charge is 0.329 e. The molecule has 2 aliphatic heterocycles. The van der Waals surface area contributed by atoms with E-state index in [1.165, 1.54) is 4.90 Å². The van der Waals surface area contributed by atoms with E-state index in [1.54, 1.807) is 25.3 Å². The lowest BCUT2D eigenvalue weighted by molar-refractivity contribution is -0.144. The Morgan fingerprint density at radius 2 is 2.00 bits per heavy atom. The number of carbonyl (C=O) groups is 3. The molecule has 198 valence electrons. The molecule has 3 amide bonds. The normalized spacial score (nSPS) is 28.6. The molecule has 1 aromatic carbocycles. The standard InChI is InChI=1S/C27H34N4O6/c1-30-12-6-4-3-5-7-18-15-27(18,25(33)34)29-23(32)22-14-20(16-31(22)26(30)35)37-24-21-9-8-19(36-2)13-17(21)10-11-28-24/h8-11,13,18,20,22H,3-7,12,14-16H2,1-2H3,(H,29,32)(H,33,34)/t18-,20-,22+,27-/m1/s1. The highest BCUT2D eigenvalue weighted by Gasteiger charge is 2.62. The van der Waals surface area contributed by atoms with Crippen LogP contribution in [-0.2, 0) is 9.59 Å². The second-order valence-electron chi connectivity index (χ2n) is 10.4. The highest BCUT2D eigenvalue weighted by molar-refractivity contribution is 5.94. The minimum atomic E-state index is -1.24. The second-order valence-corrected chi connectivity index (χ2v) is 10.4. The molecule has 2 N–H and O–H groups in total. The van der Waals surface area contributed by atoms with Gasteiger partial charge in [-0.25, -0.2) is 14.6 Å². The molecule has 10 heteroatoms. The van der Waals surface area contributed by atoms with E-state index in [1.807, 2.05) is 24.3 Å². The Bertz CT molecular complexity index is 1200. The number of pyridine rings is 1. The molecular formula is C27H34N4O6. The zero-order valence-corrected chi connectivity index (χ0v) is 21.3. The van der Waals surface area contributed by atoms with Gasteiger partial charge in [-0.1, -0.05) is 19.3 Å². The van der Waals surface area contributed by atoms with Gasteiger partial charge in [-0.2, -0.15) is 0 Å². The summed E-state index contributed by atoms with van der Waals surface area (Å²) in [4.78, 5) is 46.6. The summed E-state index contributed by atoms with van der Waals surface area (Å²) in [6, 6.07) is 6.38. The number of aliphatic carboxylic acids is 1. The highest BCUT2D eigenvalue weighted by Crippen LogP contribution is 2.47. The summed E-state index contributed by atoms with van der Waals surface area (Å²) in [5, 5.41) is 14.5.